The molecule has 12 heteroatoms. The molecule has 1 aromatic rings. The molecule has 0 saturated carbocycles. The second-order valence-electron chi connectivity index (χ2n) is 8.18. The number of phenolic OH excluding ortho intramolecular Hbond substituents is 1. The fourth-order valence-electron chi connectivity index (χ4n) is 3.15. The SMILES string of the molecule is CC(NC1(CNC(=O)C(C)NC(=O)CNC(=O)C(N)Cc2ccc(O)cc2)COC1)C(=O)O. The second kappa shape index (κ2) is 11.6. The average Bonchev–Trinajstić information content (AvgIpc) is 2.74. The third-order valence-electron chi connectivity index (χ3n) is 5.17. The van der Waals surface area contributed by atoms with Gasteiger partial charge in [-0.1, -0.05) is 12.1 Å². The topological polar surface area (TPSA) is 192 Å². The van der Waals surface area contributed by atoms with Gasteiger partial charge in [-0.05, 0) is 38.0 Å². The average molecular weight is 466 g/mol. The van der Waals surface area contributed by atoms with E-state index in [1.807, 2.05) is 0 Å². The minimum absolute atomic E-state index is 0.105. The molecule has 1 aliphatic rings. The van der Waals surface area contributed by atoms with Crippen LogP contribution in [0.1, 0.15) is 19.4 Å². The summed E-state index contributed by atoms with van der Waals surface area (Å²) in [5.74, 6) is -2.47. The van der Waals surface area contributed by atoms with E-state index in [9.17, 15) is 24.3 Å². The first-order valence-electron chi connectivity index (χ1n) is 10.5. The number of benzene rings is 1. The van der Waals surface area contributed by atoms with Crippen LogP contribution in [0.15, 0.2) is 24.3 Å². The molecule has 3 unspecified atom stereocenters. The molecule has 1 heterocycles. The zero-order chi connectivity index (χ0) is 24.6. The maximum Gasteiger partial charge on any atom is 0.320 e. The van der Waals surface area contributed by atoms with E-state index in [2.05, 4.69) is 21.3 Å². The lowest BCUT2D eigenvalue weighted by Crippen LogP contribution is -2.69. The Balaban J connectivity index is 1.72. The molecule has 1 aliphatic heterocycles. The molecule has 0 radical (unpaired) electrons. The van der Waals surface area contributed by atoms with Gasteiger partial charge in [0.25, 0.3) is 0 Å². The van der Waals surface area contributed by atoms with Crippen LogP contribution in [-0.2, 0) is 30.3 Å². The number of hydrogen-bond acceptors (Lipinski definition) is 8. The Morgan fingerprint density at radius 3 is 2.24 bits per heavy atom. The fourth-order valence-corrected chi connectivity index (χ4v) is 3.15. The highest BCUT2D eigenvalue weighted by atomic mass is 16.5. The Kier molecular flexibility index (Phi) is 9.14. The summed E-state index contributed by atoms with van der Waals surface area (Å²) in [5.41, 5.74) is 5.93. The van der Waals surface area contributed by atoms with Gasteiger partial charge < -0.3 is 36.6 Å². The summed E-state index contributed by atoms with van der Waals surface area (Å²) in [6, 6.07) is 3.69. The van der Waals surface area contributed by atoms with Gasteiger partial charge in [0.2, 0.25) is 17.7 Å². The van der Waals surface area contributed by atoms with Gasteiger partial charge in [0.1, 0.15) is 17.8 Å². The number of hydrogen-bond donors (Lipinski definition) is 7. The first-order valence-corrected chi connectivity index (χ1v) is 10.5. The standard InChI is InChI=1S/C21H31N5O7/c1-12(18(29)24-9-21(10-33-11-21)26-13(2)20(31)32)25-17(28)8-23-19(30)16(22)7-14-3-5-15(27)6-4-14/h3-6,12-13,16,26-27H,7-11,22H2,1-2H3,(H,23,30)(H,24,29)(H,25,28)(H,31,32). The molecule has 0 aromatic heterocycles. The number of aliphatic carboxylic acids is 1. The van der Waals surface area contributed by atoms with Crippen molar-refractivity contribution in [2.45, 2.75) is 43.9 Å². The molecule has 12 nitrogen and oxygen atoms in total. The lowest BCUT2D eigenvalue weighted by molar-refractivity contribution is -0.142. The van der Waals surface area contributed by atoms with Crippen molar-refractivity contribution in [1.29, 1.82) is 0 Å². The molecular formula is C21H31N5O7. The Bertz CT molecular complexity index is 857. The normalized spacial score (nSPS) is 17.1. The van der Waals surface area contributed by atoms with Crippen LogP contribution in [0.2, 0.25) is 0 Å². The first kappa shape index (κ1) is 26.0. The number of carbonyl (C=O) groups excluding carboxylic acids is 3. The Labute approximate surface area is 191 Å². The third kappa shape index (κ3) is 8.00. The van der Waals surface area contributed by atoms with E-state index >= 15 is 0 Å². The lowest BCUT2D eigenvalue weighted by Gasteiger charge is -2.43. The van der Waals surface area contributed by atoms with Gasteiger partial charge in [-0.15, -0.1) is 0 Å². The number of carbonyl (C=O) groups is 4. The molecule has 33 heavy (non-hydrogen) atoms. The number of nitrogens with two attached hydrogens (primary N) is 1. The predicted molar refractivity (Wildman–Crippen MR) is 117 cm³/mol. The number of rotatable bonds is 12. The molecule has 1 fully saturated rings. The molecule has 0 aliphatic carbocycles. The molecule has 1 saturated heterocycles. The summed E-state index contributed by atoms with van der Waals surface area (Å²) in [4.78, 5) is 47.6. The molecule has 1 aromatic carbocycles. The van der Waals surface area contributed by atoms with E-state index in [1.165, 1.54) is 26.0 Å². The van der Waals surface area contributed by atoms with E-state index in [-0.39, 0.29) is 38.5 Å². The number of nitrogens with one attached hydrogen (secondary N) is 4. The molecule has 182 valence electrons. The largest absolute Gasteiger partial charge is 0.508 e. The number of amides is 3. The smallest absolute Gasteiger partial charge is 0.320 e. The van der Waals surface area contributed by atoms with E-state index in [0.29, 0.717) is 0 Å². The van der Waals surface area contributed by atoms with Crippen LogP contribution in [0.4, 0.5) is 0 Å². The number of phenols is 1. The van der Waals surface area contributed by atoms with Crippen LogP contribution >= 0.6 is 0 Å². The van der Waals surface area contributed by atoms with Crippen molar-refractivity contribution < 1.29 is 34.1 Å². The van der Waals surface area contributed by atoms with Crippen molar-refractivity contribution >= 4 is 23.7 Å². The van der Waals surface area contributed by atoms with E-state index in [0.717, 1.165) is 5.56 Å². The molecule has 8 N–H and O–H groups in total. The number of ether oxygens (including phenoxy) is 1. The summed E-state index contributed by atoms with van der Waals surface area (Å²) in [7, 11) is 0. The molecule has 0 spiro atoms. The molecule has 3 atom stereocenters. The van der Waals surface area contributed by atoms with Crippen molar-refractivity contribution in [3.05, 3.63) is 29.8 Å². The van der Waals surface area contributed by atoms with Crippen LogP contribution in [0.25, 0.3) is 0 Å². The maximum absolute atomic E-state index is 12.3. The monoisotopic (exact) mass is 465 g/mol. The third-order valence-corrected chi connectivity index (χ3v) is 5.17. The summed E-state index contributed by atoms with van der Waals surface area (Å²) in [6.45, 7) is 3.27. The number of aromatic hydroxyl groups is 1. The van der Waals surface area contributed by atoms with E-state index in [1.54, 1.807) is 12.1 Å². The highest BCUT2D eigenvalue weighted by Gasteiger charge is 2.41. The Hall–Kier alpha value is -3.22. The molecular weight excluding hydrogens is 434 g/mol. The van der Waals surface area contributed by atoms with E-state index in [4.69, 9.17) is 15.6 Å². The van der Waals surface area contributed by atoms with Crippen molar-refractivity contribution in [3.63, 3.8) is 0 Å². The fraction of sp³-hybridized carbons (Fsp3) is 0.524. The van der Waals surface area contributed by atoms with Crippen molar-refractivity contribution in [2.24, 2.45) is 5.73 Å². The molecule has 2 rings (SSSR count). The number of carboxylic acids is 1. The summed E-state index contributed by atoms with van der Waals surface area (Å²) < 4.78 is 5.15. The van der Waals surface area contributed by atoms with E-state index < -0.39 is 47.4 Å². The minimum Gasteiger partial charge on any atom is -0.508 e. The zero-order valence-corrected chi connectivity index (χ0v) is 18.6. The van der Waals surface area contributed by atoms with Gasteiger partial charge in [0.05, 0.1) is 31.3 Å². The van der Waals surface area contributed by atoms with Gasteiger partial charge in [-0.25, -0.2) is 0 Å². The maximum atomic E-state index is 12.3. The van der Waals surface area contributed by atoms with Crippen molar-refractivity contribution in [3.8, 4) is 5.75 Å². The van der Waals surface area contributed by atoms with Crippen LogP contribution < -0.4 is 27.0 Å². The minimum atomic E-state index is -1.02. The van der Waals surface area contributed by atoms with Crippen LogP contribution in [0.3, 0.4) is 0 Å². The van der Waals surface area contributed by atoms with Gasteiger partial charge in [0.15, 0.2) is 0 Å². The highest BCUT2D eigenvalue weighted by Crippen LogP contribution is 2.17. The van der Waals surface area contributed by atoms with Gasteiger partial charge in [-0.3, -0.25) is 24.5 Å². The van der Waals surface area contributed by atoms with Crippen molar-refractivity contribution in [2.75, 3.05) is 26.3 Å². The van der Waals surface area contributed by atoms with Crippen LogP contribution in [0.5, 0.6) is 5.75 Å². The first-order chi connectivity index (χ1) is 15.5. The highest BCUT2D eigenvalue weighted by molar-refractivity contribution is 5.91. The van der Waals surface area contributed by atoms with Crippen LogP contribution in [0, 0.1) is 0 Å². The summed E-state index contributed by atoms with van der Waals surface area (Å²) in [6.07, 6.45) is 0.229. The summed E-state index contributed by atoms with van der Waals surface area (Å²) in [5, 5.41) is 28.8. The summed E-state index contributed by atoms with van der Waals surface area (Å²) >= 11 is 0. The Morgan fingerprint density at radius 1 is 1.06 bits per heavy atom. The second-order valence-corrected chi connectivity index (χ2v) is 8.18. The van der Waals surface area contributed by atoms with Gasteiger partial charge in [0, 0.05) is 6.54 Å². The zero-order valence-electron chi connectivity index (χ0n) is 18.6. The van der Waals surface area contributed by atoms with Crippen molar-refractivity contribution in [1.82, 2.24) is 21.3 Å². The Morgan fingerprint density at radius 2 is 1.70 bits per heavy atom. The number of carboxylic acid groups (broad SMARTS) is 1. The van der Waals surface area contributed by atoms with Gasteiger partial charge >= 0.3 is 5.97 Å². The quantitative estimate of drug-likeness (QED) is 0.180. The van der Waals surface area contributed by atoms with Crippen LogP contribution in [-0.4, -0.2) is 83.9 Å². The van der Waals surface area contributed by atoms with Gasteiger partial charge in [-0.2, -0.15) is 0 Å². The lowest BCUT2D eigenvalue weighted by atomic mass is 9.96. The molecule has 0 bridgehead atoms. The molecule has 3 amide bonds. The predicted octanol–water partition coefficient (Wildman–Crippen LogP) is -2.17.